The van der Waals surface area contributed by atoms with Crippen molar-refractivity contribution in [3.8, 4) is 0 Å². The Labute approximate surface area is 86.3 Å². The predicted molar refractivity (Wildman–Crippen MR) is 56.3 cm³/mol. The van der Waals surface area contributed by atoms with Crippen molar-refractivity contribution in [1.29, 1.82) is 0 Å². The minimum atomic E-state index is -0.356. The Morgan fingerprint density at radius 3 is 3.00 bits per heavy atom. The summed E-state index contributed by atoms with van der Waals surface area (Å²) in [5.74, 6) is 1.05. The molecule has 2 amide bonds. The molecule has 0 aliphatic heterocycles. The van der Waals surface area contributed by atoms with Gasteiger partial charge in [-0.1, -0.05) is 0 Å². The average molecular weight is 216 g/mol. The fourth-order valence-electron chi connectivity index (χ4n) is 0.757. The number of nitrogens with zero attached hydrogens (tertiary/aromatic N) is 2. The molecular formula is C6H12N6OS. The van der Waals surface area contributed by atoms with Crippen molar-refractivity contribution in [2.24, 2.45) is 0 Å². The summed E-state index contributed by atoms with van der Waals surface area (Å²) in [6, 6.07) is -0.356. The van der Waals surface area contributed by atoms with Gasteiger partial charge in [0.15, 0.2) is 0 Å². The summed E-state index contributed by atoms with van der Waals surface area (Å²) >= 11 is 4.01. The lowest BCUT2D eigenvalue weighted by atomic mass is 10.5. The van der Waals surface area contributed by atoms with Crippen LogP contribution in [0, 0.1) is 0 Å². The van der Waals surface area contributed by atoms with Crippen LogP contribution in [0.15, 0.2) is 0 Å². The van der Waals surface area contributed by atoms with Crippen LogP contribution in [0.25, 0.3) is 0 Å². The lowest BCUT2D eigenvalue weighted by Gasteiger charge is -2.02. The zero-order valence-electron chi connectivity index (χ0n) is 7.45. The normalized spacial score (nSPS) is 9.79. The summed E-state index contributed by atoms with van der Waals surface area (Å²) in [6.45, 7) is 0.565. The average Bonchev–Trinajstić information content (AvgIpc) is 2.52. The van der Waals surface area contributed by atoms with Crippen molar-refractivity contribution in [2.45, 2.75) is 6.42 Å². The van der Waals surface area contributed by atoms with Crippen LogP contribution >= 0.6 is 12.6 Å². The SMILES string of the molecule is Nc1nc(NC(=O)NCCCS)n[nH]1. The number of urea groups is 1. The molecule has 78 valence electrons. The number of nitrogens with one attached hydrogen (secondary N) is 3. The van der Waals surface area contributed by atoms with E-state index in [1.807, 2.05) is 0 Å². The van der Waals surface area contributed by atoms with E-state index in [0.717, 1.165) is 12.2 Å². The van der Waals surface area contributed by atoms with Gasteiger partial charge in [0.05, 0.1) is 0 Å². The van der Waals surface area contributed by atoms with E-state index >= 15 is 0 Å². The minimum absolute atomic E-state index is 0.158. The van der Waals surface area contributed by atoms with Gasteiger partial charge < -0.3 is 11.1 Å². The number of H-pyrrole nitrogens is 1. The molecule has 1 rings (SSSR count). The molecule has 0 saturated carbocycles. The van der Waals surface area contributed by atoms with Gasteiger partial charge in [-0.2, -0.15) is 17.6 Å². The van der Waals surface area contributed by atoms with Crippen LogP contribution in [0.1, 0.15) is 6.42 Å². The lowest BCUT2D eigenvalue weighted by Crippen LogP contribution is -2.30. The molecular weight excluding hydrogens is 204 g/mol. The highest BCUT2D eigenvalue weighted by molar-refractivity contribution is 7.80. The van der Waals surface area contributed by atoms with Crippen LogP contribution in [-0.4, -0.2) is 33.5 Å². The van der Waals surface area contributed by atoms with Gasteiger partial charge in [0.25, 0.3) is 5.95 Å². The van der Waals surface area contributed by atoms with E-state index < -0.39 is 0 Å². The molecule has 0 radical (unpaired) electrons. The van der Waals surface area contributed by atoms with Gasteiger partial charge in [-0.25, -0.2) is 9.89 Å². The Morgan fingerprint density at radius 2 is 2.43 bits per heavy atom. The van der Waals surface area contributed by atoms with Gasteiger partial charge in [0, 0.05) is 6.54 Å². The Morgan fingerprint density at radius 1 is 1.64 bits per heavy atom. The van der Waals surface area contributed by atoms with Crippen molar-refractivity contribution < 1.29 is 4.79 Å². The van der Waals surface area contributed by atoms with Gasteiger partial charge >= 0.3 is 6.03 Å². The van der Waals surface area contributed by atoms with Crippen molar-refractivity contribution in [3.63, 3.8) is 0 Å². The number of aromatic amines is 1. The molecule has 0 aromatic carbocycles. The quantitative estimate of drug-likeness (QED) is 0.355. The molecule has 5 N–H and O–H groups in total. The third-order valence-corrected chi connectivity index (χ3v) is 1.66. The topological polar surface area (TPSA) is 109 Å². The van der Waals surface area contributed by atoms with Crippen molar-refractivity contribution in [2.75, 3.05) is 23.3 Å². The fraction of sp³-hybridized carbons (Fsp3) is 0.500. The summed E-state index contributed by atoms with van der Waals surface area (Å²) in [7, 11) is 0. The Balaban J connectivity index is 2.27. The maximum atomic E-state index is 11.1. The summed E-state index contributed by atoms with van der Waals surface area (Å²) in [6.07, 6.45) is 0.812. The molecule has 0 bridgehead atoms. The summed E-state index contributed by atoms with van der Waals surface area (Å²) in [4.78, 5) is 14.8. The zero-order chi connectivity index (χ0) is 10.4. The van der Waals surface area contributed by atoms with Gasteiger partial charge in [-0.15, -0.1) is 5.10 Å². The number of rotatable bonds is 4. The molecule has 8 heteroatoms. The van der Waals surface area contributed by atoms with Crippen LogP contribution in [0.3, 0.4) is 0 Å². The van der Waals surface area contributed by atoms with Crippen molar-refractivity contribution in [3.05, 3.63) is 0 Å². The van der Waals surface area contributed by atoms with Crippen LogP contribution in [0.4, 0.5) is 16.7 Å². The largest absolute Gasteiger partial charge is 0.368 e. The second kappa shape index (κ2) is 5.32. The number of carbonyl (C=O) groups excluding carboxylic acids is 1. The van der Waals surface area contributed by atoms with Crippen molar-refractivity contribution >= 4 is 30.6 Å². The monoisotopic (exact) mass is 216 g/mol. The Hall–Kier alpha value is -1.44. The summed E-state index contributed by atoms with van der Waals surface area (Å²) in [5, 5.41) is 11.1. The smallest absolute Gasteiger partial charge is 0.321 e. The van der Waals surface area contributed by atoms with Gasteiger partial charge in [0.1, 0.15) is 0 Å². The third kappa shape index (κ3) is 3.52. The number of hydrogen-bond acceptors (Lipinski definition) is 5. The van der Waals surface area contributed by atoms with E-state index in [1.165, 1.54) is 0 Å². The molecule has 1 aromatic heterocycles. The first-order valence-corrected chi connectivity index (χ1v) is 4.69. The van der Waals surface area contributed by atoms with Crippen LogP contribution in [-0.2, 0) is 0 Å². The highest BCUT2D eigenvalue weighted by Gasteiger charge is 2.04. The van der Waals surface area contributed by atoms with Gasteiger partial charge in [0.2, 0.25) is 5.95 Å². The zero-order valence-corrected chi connectivity index (χ0v) is 8.34. The molecule has 0 unspecified atom stereocenters. The van der Waals surface area contributed by atoms with Crippen LogP contribution in [0.5, 0.6) is 0 Å². The Kier molecular flexibility index (Phi) is 4.05. The maximum Gasteiger partial charge on any atom is 0.321 e. The number of aromatic nitrogens is 3. The van der Waals surface area contributed by atoms with Crippen LogP contribution in [0.2, 0.25) is 0 Å². The first-order chi connectivity index (χ1) is 6.72. The standard InChI is InChI=1S/C6H12N6OS/c7-4-9-5(12-11-4)10-6(13)8-2-1-3-14/h14H,1-3H2,(H5,7,8,9,10,11,12,13). The molecule has 0 fully saturated rings. The number of nitrogen functional groups attached to an aromatic ring is 1. The van der Waals surface area contributed by atoms with Crippen molar-refractivity contribution in [1.82, 2.24) is 20.5 Å². The number of thiol groups is 1. The molecule has 14 heavy (non-hydrogen) atoms. The van der Waals surface area contributed by atoms with Gasteiger partial charge in [-0.05, 0) is 12.2 Å². The molecule has 0 aliphatic carbocycles. The maximum absolute atomic E-state index is 11.1. The van der Waals surface area contributed by atoms with E-state index in [1.54, 1.807) is 0 Å². The Bertz CT molecular complexity index is 300. The number of anilines is 2. The highest BCUT2D eigenvalue weighted by Crippen LogP contribution is 1.97. The molecule has 0 aliphatic rings. The number of carbonyl (C=O) groups is 1. The van der Waals surface area contributed by atoms with Crippen LogP contribution < -0.4 is 16.4 Å². The summed E-state index contributed by atoms with van der Waals surface area (Å²) < 4.78 is 0. The summed E-state index contributed by atoms with van der Waals surface area (Å²) in [5.41, 5.74) is 5.27. The molecule has 1 aromatic rings. The molecule has 0 atom stereocenters. The van der Waals surface area contributed by atoms with E-state index in [-0.39, 0.29) is 17.9 Å². The first kappa shape index (κ1) is 10.6. The molecule has 0 spiro atoms. The van der Waals surface area contributed by atoms with E-state index in [9.17, 15) is 4.79 Å². The molecule has 7 nitrogen and oxygen atoms in total. The number of nitrogens with two attached hydrogens (primary N) is 1. The fourth-order valence-corrected chi connectivity index (χ4v) is 0.915. The predicted octanol–water partition coefficient (Wildman–Crippen LogP) is -0.172. The third-order valence-electron chi connectivity index (χ3n) is 1.35. The molecule has 0 saturated heterocycles. The number of amides is 2. The molecule has 1 heterocycles. The first-order valence-electron chi connectivity index (χ1n) is 4.06. The van der Waals surface area contributed by atoms with E-state index in [0.29, 0.717) is 6.54 Å². The van der Waals surface area contributed by atoms with E-state index in [4.69, 9.17) is 5.73 Å². The lowest BCUT2D eigenvalue weighted by molar-refractivity contribution is 0.252. The number of hydrogen-bond donors (Lipinski definition) is 5. The van der Waals surface area contributed by atoms with E-state index in [2.05, 4.69) is 38.4 Å². The van der Waals surface area contributed by atoms with Gasteiger partial charge in [-0.3, -0.25) is 5.32 Å². The highest BCUT2D eigenvalue weighted by atomic mass is 32.1. The minimum Gasteiger partial charge on any atom is -0.368 e. The second-order valence-electron chi connectivity index (χ2n) is 2.50. The second-order valence-corrected chi connectivity index (χ2v) is 2.95.